The number of carboxylic acid groups (broad SMARTS) is 1. The molecule has 0 aromatic carbocycles. The van der Waals surface area contributed by atoms with Crippen LogP contribution < -0.4 is 0 Å². The molecule has 3 aromatic rings. The van der Waals surface area contributed by atoms with Gasteiger partial charge in [-0.3, -0.25) is 9.20 Å². The first-order chi connectivity index (χ1) is 9.75. The zero-order chi connectivity index (χ0) is 13.7. The van der Waals surface area contributed by atoms with E-state index in [9.17, 15) is 9.90 Å². The zero-order valence-electron chi connectivity index (χ0n) is 10.5. The molecule has 2 N–H and O–H groups in total. The second-order valence-electron chi connectivity index (χ2n) is 5.08. The van der Waals surface area contributed by atoms with Crippen molar-refractivity contribution >= 4 is 22.8 Å². The monoisotopic (exact) mass is 272 g/mol. The van der Waals surface area contributed by atoms with Gasteiger partial charge in [-0.05, 0) is 12.8 Å². The molecule has 1 aliphatic rings. The van der Waals surface area contributed by atoms with Crippen molar-refractivity contribution < 1.29 is 9.90 Å². The second kappa shape index (κ2) is 3.99. The number of aromatic amines is 1. The molecule has 8 heteroatoms. The Morgan fingerprint density at radius 2 is 2.25 bits per heavy atom. The number of rotatable bonds is 2. The van der Waals surface area contributed by atoms with E-state index in [1.54, 1.807) is 17.1 Å². The predicted octanol–water partition coefficient (Wildman–Crippen LogP) is 0.969. The van der Waals surface area contributed by atoms with E-state index in [0.29, 0.717) is 23.5 Å². The highest BCUT2D eigenvalue weighted by atomic mass is 16.4. The Morgan fingerprint density at radius 3 is 3.10 bits per heavy atom. The fourth-order valence-corrected chi connectivity index (χ4v) is 3.07. The summed E-state index contributed by atoms with van der Waals surface area (Å²) < 4.78 is 1.77. The van der Waals surface area contributed by atoms with Crippen molar-refractivity contribution in [3.63, 3.8) is 0 Å². The Bertz CT molecular complexity index is 807. The Balaban J connectivity index is 1.90. The SMILES string of the molecule is O=C(O)C1CCCC1c1nnc2c3[nH]cnc3ncn12. The summed E-state index contributed by atoms with van der Waals surface area (Å²) in [7, 11) is 0. The Kier molecular flexibility index (Phi) is 2.26. The van der Waals surface area contributed by atoms with Gasteiger partial charge in [-0.15, -0.1) is 10.2 Å². The summed E-state index contributed by atoms with van der Waals surface area (Å²) in [6.07, 6.45) is 5.58. The Labute approximate surface area is 112 Å². The quantitative estimate of drug-likeness (QED) is 0.719. The van der Waals surface area contributed by atoms with E-state index in [1.165, 1.54) is 0 Å². The van der Waals surface area contributed by atoms with Crippen LogP contribution in [-0.4, -0.2) is 40.6 Å². The maximum absolute atomic E-state index is 11.3. The zero-order valence-corrected chi connectivity index (χ0v) is 10.5. The molecule has 0 radical (unpaired) electrons. The number of carbonyl (C=O) groups is 1. The van der Waals surface area contributed by atoms with Crippen molar-refractivity contribution in [2.75, 3.05) is 0 Å². The molecular weight excluding hydrogens is 260 g/mol. The number of H-pyrrole nitrogens is 1. The number of hydrogen-bond donors (Lipinski definition) is 2. The molecule has 20 heavy (non-hydrogen) atoms. The first-order valence-electron chi connectivity index (χ1n) is 6.51. The number of carboxylic acids is 1. The number of aliphatic carboxylic acids is 1. The third-order valence-electron chi connectivity index (χ3n) is 4.03. The molecule has 0 aliphatic heterocycles. The lowest BCUT2D eigenvalue weighted by Gasteiger charge is -2.13. The third-order valence-corrected chi connectivity index (χ3v) is 4.03. The van der Waals surface area contributed by atoms with Crippen molar-refractivity contribution in [2.45, 2.75) is 25.2 Å². The van der Waals surface area contributed by atoms with E-state index < -0.39 is 5.97 Å². The second-order valence-corrected chi connectivity index (χ2v) is 5.08. The van der Waals surface area contributed by atoms with Gasteiger partial charge in [0.05, 0.1) is 12.2 Å². The average molecular weight is 272 g/mol. The summed E-state index contributed by atoms with van der Waals surface area (Å²) in [5.41, 5.74) is 1.94. The van der Waals surface area contributed by atoms with E-state index in [4.69, 9.17) is 0 Å². The molecule has 3 heterocycles. The van der Waals surface area contributed by atoms with E-state index in [2.05, 4.69) is 25.1 Å². The smallest absolute Gasteiger partial charge is 0.307 e. The van der Waals surface area contributed by atoms with Crippen molar-refractivity contribution in [1.82, 2.24) is 29.5 Å². The molecule has 1 saturated carbocycles. The van der Waals surface area contributed by atoms with E-state index >= 15 is 0 Å². The lowest BCUT2D eigenvalue weighted by Crippen LogP contribution is -2.18. The molecule has 4 rings (SSSR count). The van der Waals surface area contributed by atoms with Gasteiger partial charge >= 0.3 is 5.97 Å². The molecule has 1 fully saturated rings. The van der Waals surface area contributed by atoms with Gasteiger partial charge in [0.25, 0.3) is 0 Å². The lowest BCUT2D eigenvalue weighted by atomic mass is 9.95. The number of nitrogens with one attached hydrogen (secondary N) is 1. The molecule has 0 saturated heterocycles. The van der Waals surface area contributed by atoms with Crippen molar-refractivity contribution in [1.29, 1.82) is 0 Å². The van der Waals surface area contributed by atoms with Gasteiger partial charge in [-0.1, -0.05) is 6.42 Å². The molecule has 8 nitrogen and oxygen atoms in total. The van der Waals surface area contributed by atoms with Crippen LogP contribution in [0.3, 0.4) is 0 Å². The summed E-state index contributed by atoms with van der Waals surface area (Å²) in [5, 5.41) is 17.7. The molecule has 1 aliphatic carbocycles. The number of hydrogen-bond acceptors (Lipinski definition) is 5. The minimum absolute atomic E-state index is 0.107. The van der Waals surface area contributed by atoms with Crippen LogP contribution in [0, 0.1) is 5.92 Å². The fraction of sp³-hybridized carbons (Fsp3) is 0.417. The summed E-state index contributed by atoms with van der Waals surface area (Å²) in [6, 6.07) is 0. The lowest BCUT2D eigenvalue weighted by molar-refractivity contribution is -0.142. The van der Waals surface area contributed by atoms with Gasteiger partial charge < -0.3 is 10.1 Å². The number of aromatic nitrogens is 6. The van der Waals surface area contributed by atoms with Crippen LogP contribution in [0.15, 0.2) is 12.7 Å². The van der Waals surface area contributed by atoms with Crippen molar-refractivity contribution in [3.05, 3.63) is 18.5 Å². The van der Waals surface area contributed by atoms with E-state index in [1.807, 2.05) is 0 Å². The first-order valence-corrected chi connectivity index (χ1v) is 6.51. The van der Waals surface area contributed by atoms with Crippen LogP contribution in [0.4, 0.5) is 0 Å². The van der Waals surface area contributed by atoms with Crippen LogP contribution in [0.2, 0.25) is 0 Å². The summed E-state index contributed by atoms with van der Waals surface area (Å²) in [4.78, 5) is 22.6. The summed E-state index contributed by atoms with van der Waals surface area (Å²) in [5.74, 6) is -0.585. The molecule has 2 atom stereocenters. The topological polar surface area (TPSA) is 109 Å². The molecule has 0 bridgehead atoms. The highest BCUT2D eigenvalue weighted by Gasteiger charge is 2.37. The maximum Gasteiger partial charge on any atom is 0.307 e. The highest BCUT2D eigenvalue weighted by Crippen LogP contribution is 2.39. The largest absolute Gasteiger partial charge is 0.481 e. The van der Waals surface area contributed by atoms with Crippen LogP contribution in [0.1, 0.15) is 31.0 Å². The van der Waals surface area contributed by atoms with Crippen molar-refractivity contribution in [3.8, 4) is 0 Å². The predicted molar refractivity (Wildman–Crippen MR) is 68.2 cm³/mol. The van der Waals surface area contributed by atoms with Gasteiger partial charge in [0.15, 0.2) is 11.3 Å². The number of fused-ring (bicyclic) bond motifs is 3. The van der Waals surface area contributed by atoms with Gasteiger partial charge in [0.2, 0.25) is 0 Å². The summed E-state index contributed by atoms with van der Waals surface area (Å²) in [6.45, 7) is 0. The molecule has 0 spiro atoms. The van der Waals surface area contributed by atoms with Crippen LogP contribution in [0.5, 0.6) is 0 Å². The maximum atomic E-state index is 11.3. The molecule has 2 unspecified atom stereocenters. The minimum Gasteiger partial charge on any atom is -0.481 e. The van der Waals surface area contributed by atoms with Gasteiger partial charge in [-0.25, -0.2) is 9.97 Å². The molecular formula is C12H12N6O2. The van der Waals surface area contributed by atoms with E-state index in [-0.39, 0.29) is 11.8 Å². The first kappa shape index (κ1) is 11.3. The molecule has 0 amide bonds. The van der Waals surface area contributed by atoms with Gasteiger partial charge in [0, 0.05) is 5.92 Å². The van der Waals surface area contributed by atoms with Crippen LogP contribution in [-0.2, 0) is 4.79 Å². The number of nitrogens with zero attached hydrogens (tertiary/aromatic N) is 5. The van der Waals surface area contributed by atoms with Crippen LogP contribution in [0.25, 0.3) is 16.8 Å². The average Bonchev–Trinajstić information content (AvgIpc) is 3.15. The van der Waals surface area contributed by atoms with Gasteiger partial charge in [0.1, 0.15) is 17.7 Å². The minimum atomic E-state index is -0.764. The van der Waals surface area contributed by atoms with E-state index in [0.717, 1.165) is 18.4 Å². The van der Waals surface area contributed by atoms with Gasteiger partial charge in [-0.2, -0.15) is 0 Å². The van der Waals surface area contributed by atoms with Crippen LogP contribution >= 0.6 is 0 Å². The standard InChI is InChI=1S/C12H12N6O2/c19-12(20)7-3-1-2-6(7)10-16-17-11-8-9(14-4-13-8)15-5-18(10)11/h4-7H,1-3H2,(H,13,14)(H,19,20). The Hall–Kier alpha value is -2.51. The molecule has 3 aromatic heterocycles. The summed E-state index contributed by atoms with van der Waals surface area (Å²) >= 11 is 0. The molecule has 102 valence electrons. The fourth-order valence-electron chi connectivity index (χ4n) is 3.07. The highest BCUT2D eigenvalue weighted by molar-refractivity contribution is 5.84. The number of imidazole rings is 1. The third kappa shape index (κ3) is 1.44. The normalized spacial score (nSPS) is 22.8. The Morgan fingerprint density at radius 1 is 1.35 bits per heavy atom. The van der Waals surface area contributed by atoms with Crippen molar-refractivity contribution in [2.24, 2.45) is 5.92 Å².